The van der Waals surface area contributed by atoms with E-state index in [9.17, 15) is 9.00 Å². The first-order chi connectivity index (χ1) is 6.33. The molecule has 1 rings (SSSR count). The van der Waals surface area contributed by atoms with E-state index in [1.807, 2.05) is 30.3 Å². The Labute approximate surface area is 83.8 Å². The topological polar surface area (TPSA) is 46.5 Å². The van der Waals surface area contributed by atoms with Gasteiger partial charge in [-0.1, -0.05) is 42.1 Å². The monoisotopic (exact) mass is 213 g/mol. The number of thioether (sulfide) groups is 1. The van der Waals surface area contributed by atoms with Crippen LogP contribution in [-0.4, -0.2) is 9.45 Å². The Hall–Kier alpha value is -0.940. The highest BCUT2D eigenvalue weighted by molar-refractivity contribution is 8.13. The predicted molar refractivity (Wildman–Crippen MR) is 53.7 cm³/mol. The third-order valence-electron chi connectivity index (χ3n) is 1.32. The highest BCUT2D eigenvalue weighted by atomic mass is 32.2. The lowest BCUT2D eigenvalue weighted by Gasteiger charge is -1.95. The zero-order chi connectivity index (χ0) is 9.52. The summed E-state index contributed by atoms with van der Waals surface area (Å²) in [4.78, 5) is 10.8. The highest BCUT2D eigenvalue weighted by Crippen LogP contribution is 2.13. The van der Waals surface area contributed by atoms with Gasteiger partial charge in [-0.15, -0.1) is 4.36 Å². The molecule has 0 unspecified atom stereocenters. The predicted octanol–water partition coefficient (Wildman–Crippen LogP) is 2.44. The van der Waals surface area contributed by atoms with Crippen molar-refractivity contribution in [1.82, 2.24) is 0 Å². The number of rotatable bonds is 2. The molecule has 68 valence electrons. The zero-order valence-corrected chi connectivity index (χ0v) is 8.31. The van der Waals surface area contributed by atoms with Gasteiger partial charge in [0.15, 0.2) is 0 Å². The lowest BCUT2D eigenvalue weighted by Crippen LogP contribution is -1.84. The molecule has 1 aromatic rings. The molecule has 0 aliphatic rings. The van der Waals surface area contributed by atoms with Gasteiger partial charge < -0.3 is 0 Å². The third kappa shape index (κ3) is 4.00. The Kier molecular flexibility index (Phi) is 4.42. The van der Waals surface area contributed by atoms with Crippen molar-refractivity contribution in [3.05, 3.63) is 35.9 Å². The smallest absolute Gasteiger partial charge is 0.258 e. The molecule has 5 heteroatoms. The van der Waals surface area contributed by atoms with Crippen LogP contribution in [0.1, 0.15) is 5.56 Å². The van der Waals surface area contributed by atoms with Gasteiger partial charge >= 0.3 is 5.24 Å². The van der Waals surface area contributed by atoms with E-state index in [0.717, 1.165) is 17.3 Å². The van der Waals surface area contributed by atoms with Gasteiger partial charge in [-0.05, 0) is 5.56 Å². The highest BCUT2D eigenvalue weighted by Gasteiger charge is 1.99. The largest absolute Gasteiger partial charge is 0.318 e. The normalized spacial score (nSPS) is 9.23. The average Bonchev–Trinajstić information content (AvgIpc) is 2.17. The number of amides is 1. The minimum Gasteiger partial charge on any atom is -0.258 e. The minimum atomic E-state index is -0.427. The molecule has 0 fully saturated rings. The van der Waals surface area contributed by atoms with Gasteiger partial charge in [0.25, 0.3) is 0 Å². The molecule has 1 amide bonds. The quantitative estimate of drug-likeness (QED) is 0.758. The second-order valence-electron chi connectivity index (χ2n) is 2.21. The molecule has 0 aliphatic carbocycles. The lowest BCUT2D eigenvalue weighted by atomic mass is 10.2. The van der Waals surface area contributed by atoms with E-state index in [1.54, 1.807) is 0 Å². The summed E-state index contributed by atoms with van der Waals surface area (Å²) in [5, 5.41) is -0.427. The molecule has 0 N–H and O–H groups in total. The third-order valence-corrected chi connectivity index (χ3v) is 2.49. The molecule has 0 heterocycles. The van der Waals surface area contributed by atoms with Crippen molar-refractivity contribution in [2.24, 2.45) is 4.36 Å². The van der Waals surface area contributed by atoms with Crippen LogP contribution in [0, 0.1) is 0 Å². The number of nitrogens with zero attached hydrogens (tertiary/aromatic N) is 1. The van der Waals surface area contributed by atoms with Crippen LogP contribution in [0.5, 0.6) is 0 Å². The van der Waals surface area contributed by atoms with Crippen LogP contribution in [0.25, 0.3) is 0 Å². The number of carbonyl (C=O) groups excluding carboxylic acids is 1. The summed E-state index contributed by atoms with van der Waals surface area (Å²) in [6.45, 7) is 0. The molecule has 0 aromatic heterocycles. The van der Waals surface area contributed by atoms with Gasteiger partial charge in [0.1, 0.15) is 0 Å². The van der Waals surface area contributed by atoms with Crippen LogP contribution in [0.15, 0.2) is 34.7 Å². The maximum absolute atomic E-state index is 10.8. The van der Waals surface area contributed by atoms with Gasteiger partial charge in [0.2, 0.25) is 11.5 Å². The Bertz CT molecular complexity index is 333. The van der Waals surface area contributed by atoms with Gasteiger partial charge in [0, 0.05) is 5.75 Å². The molecule has 1 aromatic carbocycles. The Morgan fingerprint density at radius 3 is 2.62 bits per heavy atom. The van der Waals surface area contributed by atoms with Crippen LogP contribution >= 0.6 is 11.8 Å². The van der Waals surface area contributed by atoms with E-state index in [4.69, 9.17) is 0 Å². The number of benzene rings is 1. The second kappa shape index (κ2) is 5.66. The molecule has 0 atom stereocenters. The van der Waals surface area contributed by atoms with Crippen molar-refractivity contribution in [2.45, 2.75) is 5.75 Å². The summed E-state index contributed by atoms with van der Waals surface area (Å²) < 4.78 is 13.0. The van der Waals surface area contributed by atoms with Crippen LogP contribution in [0.2, 0.25) is 0 Å². The second-order valence-corrected chi connectivity index (χ2v) is 3.46. The molecular formula is C8H7NO2S2. The number of hydrogen-bond acceptors (Lipinski definition) is 3. The van der Waals surface area contributed by atoms with Gasteiger partial charge in [-0.25, -0.2) is 0 Å². The average molecular weight is 213 g/mol. The van der Waals surface area contributed by atoms with E-state index in [1.165, 1.54) is 0 Å². The van der Waals surface area contributed by atoms with Crippen LogP contribution in [-0.2, 0) is 17.2 Å². The van der Waals surface area contributed by atoms with Crippen LogP contribution in [0.4, 0.5) is 4.79 Å². The molecule has 0 spiro atoms. The van der Waals surface area contributed by atoms with Crippen molar-refractivity contribution >= 4 is 28.5 Å². The molecule has 0 aliphatic heterocycles. The Morgan fingerprint density at radius 2 is 2.00 bits per heavy atom. The van der Waals surface area contributed by atoms with E-state index in [-0.39, 0.29) is 11.5 Å². The Morgan fingerprint density at radius 1 is 1.31 bits per heavy atom. The standard InChI is InChI=1S/C8H7NO2S2/c10-8(9-13-11)12-6-7-4-2-1-3-5-7/h1-5H,6H2. The van der Waals surface area contributed by atoms with E-state index < -0.39 is 5.24 Å². The maximum Gasteiger partial charge on any atom is 0.318 e. The van der Waals surface area contributed by atoms with Crippen molar-refractivity contribution < 1.29 is 9.00 Å². The van der Waals surface area contributed by atoms with Gasteiger partial charge in [-0.3, -0.25) is 4.79 Å². The summed E-state index contributed by atoms with van der Waals surface area (Å²) >= 11 is 0.977. The molecule has 0 saturated heterocycles. The fourth-order valence-electron chi connectivity index (χ4n) is 0.776. The van der Waals surface area contributed by atoms with Gasteiger partial charge in [0.05, 0.1) is 0 Å². The van der Waals surface area contributed by atoms with Crippen molar-refractivity contribution in [1.29, 1.82) is 0 Å². The first-order valence-corrected chi connectivity index (χ1v) is 5.22. The minimum absolute atomic E-state index is 0.0505. The molecular weight excluding hydrogens is 206 g/mol. The summed E-state index contributed by atoms with van der Waals surface area (Å²) in [7, 11) is 0. The molecule has 0 bridgehead atoms. The maximum atomic E-state index is 10.8. The van der Waals surface area contributed by atoms with E-state index >= 15 is 0 Å². The SMILES string of the molecule is O=S=NC(=O)SCc1ccccc1. The van der Waals surface area contributed by atoms with Crippen LogP contribution in [0.3, 0.4) is 0 Å². The first-order valence-electron chi connectivity index (χ1n) is 3.53. The number of hydrogen-bond donors (Lipinski definition) is 0. The van der Waals surface area contributed by atoms with Gasteiger partial charge in [-0.2, -0.15) is 4.21 Å². The van der Waals surface area contributed by atoms with Crippen LogP contribution < -0.4 is 0 Å². The molecule has 13 heavy (non-hydrogen) atoms. The zero-order valence-electron chi connectivity index (χ0n) is 6.67. The lowest BCUT2D eigenvalue weighted by molar-refractivity contribution is 0.268. The summed E-state index contributed by atoms with van der Waals surface area (Å²) in [6, 6.07) is 9.56. The summed E-state index contributed by atoms with van der Waals surface area (Å²) in [5.74, 6) is 0.559. The van der Waals surface area contributed by atoms with Crippen molar-refractivity contribution in [3.8, 4) is 0 Å². The molecule has 3 nitrogen and oxygen atoms in total. The van der Waals surface area contributed by atoms with Crippen molar-refractivity contribution in [2.75, 3.05) is 0 Å². The summed E-state index contributed by atoms with van der Waals surface area (Å²) in [5.41, 5.74) is 1.05. The summed E-state index contributed by atoms with van der Waals surface area (Å²) in [6.07, 6.45) is 0. The van der Waals surface area contributed by atoms with E-state index in [0.29, 0.717) is 5.75 Å². The number of carbonyl (C=O) groups is 1. The Balaban J connectivity index is 2.44. The fourth-order valence-corrected chi connectivity index (χ4v) is 1.62. The first kappa shape index (κ1) is 10.1. The molecule has 0 radical (unpaired) electrons. The fraction of sp³-hybridized carbons (Fsp3) is 0.125. The molecule has 0 saturated carbocycles. The van der Waals surface area contributed by atoms with Crippen molar-refractivity contribution in [3.63, 3.8) is 0 Å². The van der Waals surface area contributed by atoms with E-state index in [2.05, 4.69) is 4.36 Å².